The number of ether oxygens (including phenoxy) is 1. The summed E-state index contributed by atoms with van der Waals surface area (Å²) in [5.74, 6) is -1.61. The molecule has 2 N–H and O–H groups in total. The van der Waals surface area contributed by atoms with Crippen LogP contribution >= 0.6 is 0 Å². The highest BCUT2D eigenvalue weighted by atomic mass is 16.7. The van der Waals surface area contributed by atoms with Gasteiger partial charge in [-0.2, -0.15) is 0 Å². The highest BCUT2D eigenvalue weighted by molar-refractivity contribution is 6.62. The Kier molecular flexibility index (Phi) is 7.08. The molecule has 0 aliphatic carbocycles. The average Bonchev–Trinajstić information content (AvgIpc) is 2.96. The number of amides is 1. The summed E-state index contributed by atoms with van der Waals surface area (Å²) in [5, 5.41) is 12.2. The lowest BCUT2D eigenvalue weighted by Gasteiger charge is -2.32. The van der Waals surface area contributed by atoms with E-state index in [1.165, 1.54) is 7.11 Å². The van der Waals surface area contributed by atoms with E-state index >= 15 is 0 Å². The van der Waals surface area contributed by atoms with Crippen LogP contribution in [-0.4, -0.2) is 48.5 Å². The zero-order valence-corrected chi connectivity index (χ0v) is 19.1. The van der Waals surface area contributed by atoms with Gasteiger partial charge in [0.25, 0.3) is 5.91 Å². The molecule has 0 unspecified atom stereocenters. The Labute approximate surface area is 189 Å². The molecule has 170 valence electrons. The standard InChI is InChI=1S/C24H30BNO6/c1-23(2)24(3,4)32-25(31-23)18-13-11-16(12-14-18)15-19(22(28)29)26-21(27)20(30-5)17-9-7-6-8-10-17/h6-14,19-20H,15H2,1-5H3,(H,26,27)(H,28,29)/t19-,20+/m0/s1. The van der Waals surface area contributed by atoms with Gasteiger partial charge in [0.1, 0.15) is 6.04 Å². The Morgan fingerprint density at radius 1 is 1.00 bits per heavy atom. The normalized spacial score (nSPS) is 18.7. The molecule has 0 spiro atoms. The van der Waals surface area contributed by atoms with Crippen LogP contribution in [0.1, 0.15) is 44.9 Å². The van der Waals surface area contributed by atoms with Crippen LogP contribution in [0.15, 0.2) is 54.6 Å². The van der Waals surface area contributed by atoms with Gasteiger partial charge in [-0.05, 0) is 44.3 Å². The lowest BCUT2D eigenvalue weighted by Crippen LogP contribution is -2.44. The minimum atomic E-state index is -1.11. The number of nitrogens with one attached hydrogen (secondary N) is 1. The molecule has 2 atom stereocenters. The van der Waals surface area contributed by atoms with Crippen molar-refractivity contribution >= 4 is 24.5 Å². The fourth-order valence-electron chi connectivity index (χ4n) is 3.50. The number of methoxy groups -OCH3 is 1. The summed E-state index contributed by atoms with van der Waals surface area (Å²) in [7, 11) is 0.930. The summed E-state index contributed by atoms with van der Waals surface area (Å²) in [6.07, 6.45) is -0.751. The second-order valence-corrected chi connectivity index (χ2v) is 8.96. The molecular formula is C24H30BNO6. The van der Waals surface area contributed by atoms with Crippen LogP contribution in [0.2, 0.25) is 0 Å². The van der Waals surface area contributed by atoms with Crippen molar-refractivity contribution in [1.29, 1.82) is 0 Å². The zero-order valence-electron chi connectivity index (χ0n) is 19.1. The van der Waals surface area contributed by atoms with Gasteiger partial charge in [0.2, 0.25) is 0 Å². The van der Waals surface area contributed by atoms with Gasteiger partial charge in [0.05, 0.1) is 11.2 Å². The van der Waals surface area contributed by atoms with Crippen LogP contribution in [0, 0.1) is 0 Å². The lowest BCUT2D eigenvalue weighted by molar-refractivity contribution is -0.144. The summed E-state index contributed by atoms with van der Waals surface area (Å²) in [6, 6.07) is 15.2. The Bertz CT molecular complexity index is 929. The second-order valence-electron chi connectivity index (χ2n) is 8.96. The minimum absolute atomic E-state index is 0.135. The maximum Gasteiger partial charge on any atom is 0.494 e. The molecule has 7 nitrogen and oxygen atoms in total. The van der Waals surface area contributed by atoms with Crippen molar-refractivity contribution in [3.8, 4) is 0 Å². The number of carboxylic acids is 1. The van der Waals surface area contributed by atoms with Gasteiger partial charge in [0.15, 0.2) is 6.10 Å². The molecule has 0 radical (unpaired) electrons. The first-order chi connectivity index (χ1) is 15.0. The summed E-state index contributed by atoms with van der Waals surface area (Å²) >= 11 is 0. The number of hydrogen-bond acceptors (Lipinski definition) is 5. The fraction of sp³-hybridized carbons (Fsp3) is 0.417. The number of carboxylic acid groups (broad SMARTS) is 1. The van der Waals surface area contributed by atoms with Crippen LogP contribution in [0.3, 0.4) is 0 Å². The molecule has 0 saturated carbocycles. The van der Waals surface area contributed by atoms with Gasteiger partial charge in [0, 0.05) is 13.5 Å². The van der Waals surface area contributed by atoms with Crippen molar-refractivity contribution in [3.05, 3.63) is 65.7 Å². The maximum absolute atomic E-state index is 12.7. The number of carbonyl (C=O) groups is 2. The van der Waals surface area contributed by atoms with E-state index in [0.717, 1.165) is 11.0 Å². The van der Waals surface area contributed by atoms with E-state index in [9.17, 15) is 14.7 Å². The minimum Gasteiger partial charge on any atom is -0.480 e. The number of aliphatic carboxylic acids is 1. The molecule has 1 amide bonds. The molecule has 1 saturated heterocycles. The van der Waals surface area contributed by atoms with Crippen molar-refractivity contribution in [3.63, 3.8) is 0 Å². The number of benzene rings is 2. The number of hydrogen-bond donors (Lipinski definition) is 2. The van der Waals surface area contributed by atoms with Gasteiger partial charge < -0.3 is 24.5 Å². The van der Waals surface area contributed by atoms with Crippen LogP contribution < -0.4 is 10.8 Å². The van der Waals surface area contributed by atoms with Crippen LogP contribution in [0.4, 0.5) is 0 Å². The third-order valence-corrected chi connectivity index (χ3v) is 6.14. The molecule has 1 aliphatic heterocycles. The van der Waals surface area contributed by atoms with E-state index in [4.69, 9.17) is 14.0 Å². The average molecular weight is 439 g/mol. The third-order valence-electron chi connectivity index (χ3n) is 6.14. The zero-order chi connectivity index (χ0) is 23.5. The molecule has 8 heteroatoms. The van der Waals surface area contributed by atoms with Crippen molar-refractivity contribution < 1.29 is 28.7 Å². The lowest BCUT2D eigenvalue weighted by atomic mass is 9.78. The summed E-state index contributed by atoms with van der Waals surface area (Å²) in [5.41, 5.74) is 1.40. The van der Waals surface area contributed by atoms with Crippen molar-refractivity contribution in [2.75, 3.05) is 7.11 Å². The van der Waals surface area contributed by atoms with Crippen molar-refractivity contribution in [1.82, 2.24) is 5.32 Å². The van der Waals surface area contributed by atoms with Crippen LogP contribution in [0.25, 0.3) is 0 Å². The van der Waals surface area contributed by atoms with Gasteiger partial charge in [-0.25, -0.2) is 4.79 Å². The topological polar surface area (TPSA) is 94.1 Å². The second kappa shape index (κ2) is 9.44. The first-order valence-electron chi connectivity index (χ1n) is 10.6. The SMILES string of the molecule is CO[C@@H](C(=O)N[C@@H](Cc1ccc(B2OC(C)(C)C(C)(C)O2)cc1)C(=O)O)c1ccccc1. The van der Waals surface area contributed by atoms with Crippen molar-refractivity contribution in [2.24, 2.45) is 0 Å². The molecule has 1 fully saturated rings. The number of rotatable bonds is 8. The molecule has 1 aliphatic rings. The third kappa shape index (κ3) is 5.20. The highest BCUT2D eigenvalue weighted by Gasteiger charge is 2.51. The van der Waals surface area contributed by atoms with E-state index in [1.54, 1.807) is 24.3 Å². The van der Waals surface area contributed by atoms with Crippen molar-refractivity contribution in [2.45, 2.75) is 57.5 Å². The smallest absolute Gasteiger partial charge is 0.480 e. The molecule has 2 aromatic carbocycles. The molecular weight excluding hydrogens is 409 g/mol. The summed E-state index contributed by atoms with van der Waals surface area (Å²) in [4.78, 5) is 24.5. The van der Waals surface area contributed by atoms with Gasteiger partial charge >= 0.3 is 13.1 Å². The molecule has 32 heavy (non-hydrogen) atoms. The van der Waals surface area contributed by atoms with E-state index in [-0.39, 0.29) is 6.42 Å². The predicted octanol–water partition coefficient (Wildman–Crippen LogP) is 2.49. The first-order valence-corrected chi connectivity index (χ1v) is 10.6. The molecule has 2 aromatic rings. The Morgan fingerprint density at radius 2 is 1.56 bits per heavy atom. The van der Waals surface area contributed by atoms with E-state index < -0.39 is 42.3 Å². The number of carbonyl (C=O) groups excluding carboxylic acids is 1. The Morgan fingerprint density at radius 3 is 2.06 bits per heavy atom. The van der Waals surface area contributed by atoms with Gasteiger partial charge in [-0.1, -0.05) is 54.6 Å². The van der Waals surface area contributed by atoms with E-state index in [0.29, 0.717) is 5.56 Å². The molecule has 3 rings (SSSR count). The highest BCUT2D eigenvalue weighted by Crippen LogP contribution is 2.36. The largest absolute Gasteiger partial charge is 0.494 e. The molecule has 1 heterocycles. The van der Waals surface area contributed by atoms with Gasteiger partial charge in [-0.15, -0.1) is 0 Å². The predicted molar refractivity (Wildman–Crippen MR) is 122 cm³/mol. The van der Waals surface area contributed by atoms with E-state index in [1.807, 2.05) is 58.0 Å². The molecule has 0 bridgehead atoms. The van der Waals surface area contributed by atoms with Crippen LogP contribution in [-0.2, 0) is 30.1 Å². The fourth-order valence-corrected chi connectivity index (χ4v) is 3.50. The summed E-state index contributed by atoms with van der Waals surface area (Å²) in [6.45, 7) is 7.96. The quantitative estimate of drug-likeness (QED) is 0.614. The summed E-state index contributed by atoms with van der Waals surface area (Å²) < 4.78 is 17.4. The van der Waals surface area contributed by atoms with Gasteiger partial charge in [-0.3, -0.25) is 4.79 Å². The maximum atomic E-state index is 12.7. The van der Waals surface area contributed by atoms with Crippen LogP contribution in [0.5, 0.6) is 0 Å². The Hall–Kier alpha value is -2.68. The first kappa shape index (κ1) is 24.0. The Balaban J connectivity index is 1.68. The monoisotopic (exact) mass is 439 g/mol. The molecule has 0 aromatic heterocycles. The van der Waals surface area contributed by atoms with E-state index in [2.05, 4.69) is 5.32 Å².